The summed E-state index contributed by atoms with van der Waals surface area (Å²) >= 11 is 1.82. The van der Waals surface area contributed by atoms with E-state index in [9.17, 15) is 0 Å². The lowest BCUT2D eigenvalue weighted by atomic mass is 10.1. The van der Waals surface area contributed by atoms with Crippen LogP contribution in [0.1, 0.15) is 32.6 Å². The Hall–Kier alpha value is -0.340. The molecule has 0 saturated heterocycles. The summed E-state index contributed by atoms with van der Waals surface area (Å²) in [5.41, 5.74) is -0.231. The molecular formula is C16H30IN3OS. The molecule has 0 spiro atoms. The molecule has 1 heterocycles. The molecule has 4 nitrogen and oxygen atoms in total. The van der Waals surface area contributed by atoms with E-state index in [1.54, 1.807) is 7.11 Å². The maximum atomic E-state index is 5.40. The molecular weight excluding hydrogens is 409 g/mol. The van der Waals surface area contributed by atoms with E-state index in [2.05, 4.69) is 47.0 Å². The second kappa shape index (κ2) is 11.2. The zero-order chi connectivity index (χ0) is 15.7. The highest BCUT2D eigenvalue weighted by atomic mass is 127. The van der Waals surface area contributed by atoms with Crippen LogP contribution in [-0.2, 0) is 11.2 Å². The van der Waals surface area contributed by atoms with E-state index < -0.39 is 0 Å². The second-order valence-electron chi connectivity index (χ2n) is 5.93. The number of halogens is 1. The smallest absolute Gasteiger partial charge is 0.191 e. The highest BCUT2D eigenvalue weighted by Crippen LogP contribution is 2.13. The number of methoxy groups -OCH3 is 1. The van der Waals surface area contributed by atoms with Crippen molar-refractivity contribution in [1.29, 1.82) is 0 Å². The molecule has 0 fully saturated rings. The minimum atomic E-state index is -0.231. The average molecular weight is 439 g/mol. The lowest BCUT2D eigenvalue weighted by Gasteiger charge is -2.22. The topological polar surface area (TPSA) is 45.7 Å². The van der Waals surface area contributed by atoms with Gasteiger partial charge in [0.15, 0.2) is 5.96 Å². The number of ether oxygens (including phenoxy) is 1. The summed E-state index contributed by atoms with van der Waals surface area (Å²) in [5, 5.41) is 8.83. The van der Waals surface area contributed by atoms with Crippen molar-refractivity contribution in [2.45, 2.75) is 39.7 Å². The monoisotopic (exact) mass is 439 g/mol. The third kappa shape index (κ3) is 8.95. The first-order valence-corrected chi connectivity index (χ1v) is 8.44. The van der Waals surface area contributed by atoms with E-state index >= 15 is 0 Å². The predicted octanol–water partition coefficient (Wildman–Crippen LogP) is 3.52. The summed E-state index contributed by atoms with van der Waals surface area (Å²) in [4.78, 5) is 6.03. The van der Waals surface area contributed by atoms with E-state index in [4.69, 9.17) is 4.74 Å². The Morgan fingerprint density at radius 1 is 1.41 bits per heavy atom. The minimum absolute atomic E-state index is 0. The van der Waals surface area contributed by atoms with Crippen LogP contribution in [0.3, 0.4) is 0 Å². The van der Waals surface area contributed by atoms with Crippen LogP contribution in [-0.4, -0.2) is 38.3 Å². The van der Waals surface area contributed by atoms with Crippen LogP contribution in [0.25, 0.3) is 0 Å². The van der Waals surface area contributed by atoms with Crippen molar-refractivity contribution >= 4 is 41.3 Å². The van der Waals surface area contributed by atoms with Gasteiger partial charge >= 0.3 is 0 Å². The molecule has 2 N–H and O–H groups in total. The van der Waals surface area contributed by atoms with E-state index in [-0.39, 0.29) is 29.6 Å². The number of thiophene rings is 1. The fourth-order valence-corrected chi connectivity index (χ4v) is 2.66. The van der Waals surface area contributed by atoms with Gasteiger partial charge in [-0.2, -0.15) is 0 Å². The average Bonchev–Trinajstić information content (AvgIpc) is 2.95. The third-order valence-electron chi connectivity index (χ3n) is 3.26. The fourth-order valence-electron chi connectivity index (χ4n) is 1.79. The summed E-state index contributed by atoms with van der Waals surface area (Å²) in [5.74, 6) is 1.43. The number of rotatable bonds is 8. The Morgan fingerprint density at radius 2 is 2.14 bits per heavy atom. The van der Waals surface area contributed by atoms with Crippen LogP contribution in [0.15, 0.2) is 22.5 Å². The van der Waals surface area contributed by atoms with Crippen molar-refractivity contribution < 1.29 is 4.74 Å². The van der Waals surface area contributed by atoms with E-state index in [1.807, 2.05) is 25.2 Å². The zero-order valence-corrected chi connectivity index (χ0v) is 17.5. The Bertz CT molecular complexity index is 421. The first kappa shape index (κ1) is 21.7. The van der Waals surface area contributed by atoms with E-state index in [1.165, 1.54) is 4.88 Å². The molecule has 1 aromatic heterocycles. The van der Waals surface area contributed by atoms with Gasteiger partial charge in [0.2, 0.25) is 0 Å². The largest absolute Gasteiger partial charge is 0.377 e. The van der Waals surface area contributed by atoms with Gasteiger partial charge in [-0.1, -0.05) is 13.0 Å². The molecule has 0 amide bonds. The minimum Gasteiger partial charge on any atom is -0.377 e. The summed E-state index contributed by atoms with van der Waals surface area (Å²) in [7, 11) is 1.72. The van der Waals surface area contributed by atoms with Gasteiger partial charge in [-0.05, 0) is 44.6 Å². The summed E-state index contributed by atoms with van der Waals surface area (Å²) in [6, 6.07) is 4.31. The first-order valence-electron chi connectivity index (χ1n) is 7.56. The number of guanidine groups is 1. The Morgan fingerprint density at radius 3 is 2.68 bits per heavy atom. The molecule has 1 rings (SSSR count). The molecule has 1 atom stereocenters. The SMILES string of the molecule is CCNC(=NCC(C)(C)OC)NCC(C)Cc1cccs1.I. The molecule has 0 aromatic carbocycles. The van der Waals surface area contributed by atoms with Crippen LogP contribution < -0.4 is 10.6 Å². The molecule has 1 aromatic rings. The first-order chi connectivity index (χ1) is 9.96. The zero-order valence-electron chi connectivity index (χ0n) is 14.3. The summed E-state index contributed by atoms with van der Waals surface area (Å²) in [6.45, 7) is 10.8. The molecule has 0 aliphatic carbocycles. The molecule has 0 aliphatic heterocycles. The molecule has 128 valence electrons. The molecule has 1 unspecified atom stereocenters. The molecule has 0 radical (unpaired) electrons. The van der Waals surface area contributed by atoms with Crippen molar-refractivity contribution in [2.24, 2.45) is 10.9 Å². The summed E-state index contributed by atoms with van der Waals surface area (Å²) in [6.07, 6.45) is 1.10. The highest BCUT2D eigenvalue weighted by molar-refractivity contribution is 14.0. The van der Waals surface area contributed by atoms with Crippen LogP contribution in [0.4, 0.5) is 0 Å². The van der Waals surface area contributed by atoms with Crippen LogP contribution in [0.5, 0.6) is 0 Å². The van der Waals surface area contributed by atoms with Gasteiger partial charge in [-0.25, -0.2) is 0 Å². The van der Waals surface area contributed by atoms with Gasteiger partial charge in [0.25, 0.3) is 0 Å². The Balaban J connectivity index is 0.00000441. The standard InChI is InChI=1S/C16H29N3OS.HI/c1-6-17-15(19-12-16(3,4)20-5)18-11-13(2)10-14-8-7-9-21-14;/h7-9,13H,6,10-12H2,1-5H3,(H2,17,18,19);1H. The van der Waals surface area contributed by atoms with Crippen molar-refractivity contribution in [1.82, 2.24) is 10.6 Å². The normalized spacial score (nSPS) is 13.4. The van der Waals surface area contributed by atoms with E-state index in [0.29, 0.717) is 12.5 Å². The lowest BCUT2D eigenvalue weighted by Crippen LogP contribution is -2.41. The fraction of sp³-hybridized carbons (Fsp3) is 0.688. The highest BCUT2D eigenvalue weighted by Gasteiger charge is 2.15. The van der Waals surface area contributed by atoms with Crippen LogP contribution in [0, 0.1) is 5.92 Å². The summed E-state index contributed by atoms with van der Waals surface area (Å²) < 4.78 is 5.40. The van der Waals surface area contributed by atoms with Crippen LogP contribution >= 0.6 is 35.3 Å². The second-order valence-corrected chi connectivity index (χ2v) is 6.96. The van der Waals surface area contributed by atoms with Crippen molar-refractivity contribution in [3.05, 3.63) is 22.4 Å². The maximum Gasteiger partial charge on any atom is 0.191 e. The molecule has 0 aliphatic rings. The van der Waals surface area contributed by atoms with Crippen molar-refractivity contribution in [2.75, 3.05) is 26.7 Å². The molecule has 22 heavy (non-hydrogen) atoms. The number of nitrogens with one attached hydrogen (secondary N) is 2. The van der Waals surface area contributed by atoms with Crippen molar-refractivity contribution in [3.8, 4) is 0 Å². The Kier molecular flexibility index (Phi) is 11.1. The van der Waals surface area contributed by atoms with Gasteiger partial charge in [0, 0.05) is 25.1 Å². The maximum absolute atomic E-state index is 5.40. The number of hydrogen-bond donors (Lipinski definition) is 2. The third-order valence-corrected chi connectivity index (χ3v) is 4.16. The van der Waals surface area contributed by atoms with Gasteiger partial charge < -0.3 is 15.4 Å². The van der Waals surface area contributed by atoms with Gasteiger partial charge in [-0.15, -0.1) is 35.3 Å². The molecule has 0 saturated carbocycles. The molecule has 6 heteroatoms. The number of nitrogens with zero attached hydrogens (tertiary/aromatic N) is 1. The van der Waals surface area contributed by atoms with Crippen molar-refractivity contribution in [3.63, 3.8) is 0 Å². The van der Waals surface area contributed by atoms with Gasteiger partial charge in [-0.3, -0.25) is 4.99 Å². The lowest BCUT2D eigenvalue weighted by molar-refractivity contribution is 0.0310. The van der Waals surface area contributed by atoms with Crippen LogP contribution in [0.2, 0.25) is 0 Å². The Labute approximate surface area is 156 Å². The van der Waals surface area contributed by atoms with E-state index in [0.717, 1.165) is 25.5 Å². The molecule has 0 bridgehead atoms. The van der Waals surface area contributed by atoms with Gasteiger partial charge in [0.1, 0.15) is 0 Å². The predicted molar refractivity (Wildman–Crippen MR) is 108 cm³/mol. The van der Waals surface area contributed by atoms with Gasteiger partial charge in [0.05, 0.1) is 12.1 Å². The number of aliphatic imine (C=N–C) groups is 1. The quantitative estimate of drug-likeness (QED) is 0.370. The number of hydrogen-bond acceptors (Lipinski definition) is 3.